The van der Waals surface area contributed by atoms with Crippen LogP contribution < -0.4 is 21.9 Å². The van der Waals surface area contributed by atoms with Crippen molar-refractivity contribution in [2.24, 2.45) is 0 Å². The number of alkyl halides is 24. The zero-order valence-corrected chi connectivity index (χ0v) is 46.4. The Labute approximate surface area is 494 Å². The molecule has 0 saturated carbocycles. The van der Waals surface area contributed by atoms with Crippen molar-refractivity contribution < 1.29 is 110 Å². The molecule has 0 fully saturated rings. The number of halogens is 24. The number of carbonyl (C=O) groups is 1. The quantitative estimate of drug-likeness (QED) is 0.0250. The van der Waals surface area contributed by atoms with E-state index < -0.39 is 195 Å². The smallest absolute Gasteiger partial charge is 0.289 e. The first kappa shape index (κ1) is 69.2. The molecule has 1 nitrogen and oxygen atoms in total. The Morgan fingerprint density at radius 3 is 0.899 bits per heavy atom. The van der Waals surface area contributed by atoms with Gasteiger partial charge in [-0.3, -0.25) is 4.79 Å². The Hall–Kier alpha value is -7.32. The highest BCUT2D eigenvalue weighted by molar-refractivity contribution is 7.98. The first-order valence-electron chi connectivity index (χ1n) is 26.6. The van der Waals surface area contributed by atoms with Gasteiger partial charge in [0.15, 0.2) is 10.6 Å². The summed E-state index contributed by atoms with van der Waals surface area (Å²) in [5.41, 5.74) is -29.4. The number of fused-ring (bicyclic) bond motifs is 2. The van der Waals surface area contributed by atoms with Crippen molar-refractivity contribution in [3.05, 3.63) is 208 Å². The predicted molar refractivity (Wildman–Crippen MR) is 291 cm³/mol. The molecule has 8 rings (SSSR count). The maximum Gasteiger partial charge on any atom is 0.416 e. The number of hydrogen-bond donors (Lipinski definition) is 0. The van der Waals surface area contributed by atoms with Gasteiger partial charge < -0.3 is 0 Å². The molecule has 0 aliphatic rings. The molecule has 0 radical (unpaired) electrons. The molecule has 1 atom stereocenters. The fourth-order valence-corrected chi connectivity index (χ4v) is 13.0. The van der Waals surface area contributed by atoms with Gasteiger partial charge in [-0.25, -0.2) is 0 Å². The Kier molecular flexibility index (Phi) is 20.1. The molecule has 1 unspecified atom stereocenters. The summed E-state index contributed by atoms with van der Waals surface area (Å²) in [7, 11) is -0.124. The van der Waals surface area contributed by atoms with Crippen molar-refractivity contribution in [1.29, 1.82) is 0 Å². The highest BCUT2D eigenvalue weighted by Gasteiger charge is 2.47. The van der Waals surface area contributed by atoms with Gasteiger partial charge in [0.05, 0.1) is 44.5 Å². The second-order valence-electron chi connectivity index (χ2n) is 20.8. The van der Waals surface area contributed by atoms with Crippen LogP contribution in [0.5, 0.6) is 0 Å². The molecule has 0 aliphatic heterocycles. The van der Waals surface area contributed by atoms with Crippen LogP contribution in [0, 0.1) is 0 Å². The van der Waals surface area contributed by atoms with Gasteiger partial charge in [-0.1, -0.05) is 148 Å². The maximum absolute atomic E-state index is 14.2. The van der Waals surface area contributed by atoms with Crippen LogP contribution in [-0.2, 0) is 60.3 Å². The van der Waals surface area contributed by atoms with Crippen LogP contribution in [0.4, 0.5) is 105 Å². The fourth-order valence-electron chi connectivity index (χ4n) is 10.5. The Morgan fingerprint density at radius 2 is 0.607 bits per heavy atom. The third-order valence-corrected chi connectivity index (χ3v) is 17.0. The van der Waals surface area contributed by atoms with E-state index >= 15 is 0 Å². The predicted octanol–water partition coefficient (Wildman–Crippen LogP) is 19.4. The number of rotatable bonds is 15. The first-order valence-corrected chi connectivity index (χ1v) is 28.1. The van der Waals surface area contributed by atoms with Crippen LogP contribution in [0.1, 0.15) is 100 Å². The van der Waals surface area contributed by atoms with Crippen molar-refractivity contribution >= 4 is 66.2 Å². The minimum atomic E-state index is -6.13. The van der Waals surface area contributed by atoms with E-state index in [9.17, 15) is 110 Å². The number of hydrogen-bond acceptors (Lipinski definition) is 1. The molecule has 8 aromatic carbocycles. The van der Waals surface area contributed by atoms with Gasteiger partial charge in [-0.2, -0.15) is 127 Å². The number of ketones is 1. The Balaban J connectivity index is 0.000000296. The third-order valence-electron chi connectivity index (χ3n) is 14.6. The lowest BCUT2D eigenvalue weighted by atomic mass is 9.12. The zero-order valence-electron chi connectivity index (χ0n) is 45.6. The van der Waals surface area contributed by atoms with E-state index in [4.69, 9.17) is 0 Å². The minimum absolute atomic E-state index is 0.124. The summed E-state index contributed by atoms with van der Waals surface area (Å²) in [4.78, 5) is 14.7. The van der Waals surface area contributed by atoms with Gasteiger partial charge in [-0.15, -0.1) is 0 Å². The summed E-state index contributed by atoms with van der Waals surface area (Å²) in [5, 5.41) is 5.16. The van der Waals surface area contributed by atoms with Crippen LogP contribution >= 0.6 is 0 Å². The molecule has 27 heteroatoms. The number of benzene rings is 8. The Bertz CT molecular complexity index is 3300. The standard InChI is InChI=1S/C32H12BF24.C30H33OS/c34-25(35,36)13-1-14(26(37,38)39)6-21(5-13)33(22-7-15(27(40,41)42)2-16(8-22)28(43,44)45,23-9-17(29(46,47)48)3-18(10-23)30(49,50)51)24-11-19(31(52,53)54)4-20(12-24)32(55,56)57;1-2-3-4-5-6-14-21-32(23-29(31)24-15-8-7-9-16-24)30-27-19-12-10-17-25(27)22-26-18-11-13-20-28(26)30/h1-12H;7-13,15-20,22H,2-6,14,21,23H2,1H3/q-1;+1. The summed E-state index contributed by atoms with van der Waals surface area (Å²) in [5.74, 6) is 1.94. The Morgan fingerprint density at radius 1 is 0.337 bits per heavy atom. The molecule has 8 aromatic rings. The molecular weight excluding hydrogens is 1260 g/mol. The largest absolute Gasteiger partial charge is 0.416 e. The molecule has 0 aromatic heterocycles. The molecule has 476 valence electrons. The maximum atomic E-state index is 14.2. The van der Waals surface area contributed by atoms with E-state index in [0.717, 1.165) is 11.3 Å². The monoisotopic (exact) mass is 1300 g/mol. The van der Waals surface area contributed by atoms with Crippen LogP contribution in [0.2, 0.25) is 0 Å². The SMILES string of the molecule is CCCCCCCC[S+](CC(=O)c1ccccc1)c1c2ccccc2cc2ccccc12.FC(F)(F)c1cc([B-](c2cc(C(F)(F)F)cc(C(F)(F)F)c2)(c2cc(C(F)(F)F)cc(C(F)(F)F)c2)c2cc(C(F)(F)F)cc(C(F)(F)F)c2)cc(C(F)(F)F)c1. The van der Waals surface area contributed by atoms with E-state index in [1.54, 1.807) is 0 Å². The van der Waals surface area contributed by atoms with Gasteiger partial charge in [0.1, 0.15) is 11.9 Å². The summed E-state index contributed by atoms with van der Waals surface area (Å²) in [6.07, 6.45) is -47.1. The molecule has 0 aliphatic carbocycles. The van der Waals surface area contributed by atoms with Crippen molar-refractivity contribution in [3.8, 4) is 0 Å². The van der Waals surface area contributed by atoms with Crippen LogP contribution in [0.3, 0.4) is 0 Å². The minimum Gasteiger partial charge on any atom is -0.289 e. The highest BCUT2D eigenvalue weighted by atomic mass is 32.2. The molecule has 89 heavy (non-hydrogen) atoms. The second-order valence-corrected chi connectivity index (χ2v) is 22.9. The average molecular weight is 1300 g/mol. The van der Waals surface area contributed by atoms with Gasteiger partial charge >= 0.3 is 49.4 Å². The summed E-state index contributed by atoms with van der Waals surface area (Å²) in [6.45, 7) is 2.26. The van der Waals surface area contributed by atoms with Crippen LogP contribution in [0.25, 0.3) is 21.5 Å². The molecule has 0 amide bonds. The molecular formula is C62H45BF24OS. The molecule has 0 N–H and O–H groups in total. The highest BCUT2D eigenvalue weighted by Crippen LogP contribution is 2.42. The normalized spacial score (nSPS) is 13.6. The number of carbonyl (C=O) groups excluding carboxylic acids is 1. The molecule has 0 spiro atoms. The lowest BCUT2D eigenvalue weighted by Crippen LogP contribution is -2.75. The number of unbranched alkanes of at least 4 members (excludes halogenated alkanes) is 5. The van der Waals surface area contributed by atoms with Gasteiger partial charge in [0.25, 0.3) is 0 Å². The van der Waals surface area contributed by atoms with E-state index in [0.29, 0.717) is 5.75 Å². The molecule has 0 saturated heterocycles. The van der Waals surface area contributed by atoms with E-state index in [2.05, 4.69) is 61.5 Å². The fraction of sp³-hybridized carbons (Fsp3) is 0.274. The van der Waals surface area contributed by atoms with E-state index in [1.807, 2.05) is 30.3 Å². The van der Waals surface area contributed by atoms with E-state index in [1.165, 1.54) is 65.0 Å². The van der Waals surface area contributed by atoms with E-state index in [-0.39, 0.29) is 16.7 Å². The molecule has 0 bridgehead atoms. The summed E-state index contributed by atoms with van der Waals surface area (Å²) >= 11 is 0. The van der Waals surface area contributed by atoms with Crippen LogP contribution in [-0.4, -0.2) is 23.4 Å². The third kappa shape index (κ3) is 16.4. The summed E-state index contributed by atoms with van der Waals surface area (Å²) < 4.78 is 341. The number of Topliss-reactive ketones (excluding diaryl/α,β-unsaturated/α-hetero) is 1. The lowest BCUT2D eigenvalue weighted by molar-refractivity contribution is -0.144. The first-order chi connectivity index (χ1) is 41.0. The van der Waals surface area contributed by atoms with Crippen molar-refractivity contribution in [3.63, 3.8) is 0 Å². The lowest BCUT2D eigenvalue weighted by Gasteiger charge is -2.46. The second kappa shape index (κ2) is 25.9. The van der Waals surface area contributed by atoms with Crippen molar-refractivity contribution in [2.75, 3.05) is 11.5 Å². The van der Waals surface area contributed by atoms with Gasteiger partial charge in [-0.05, 0) is 66.1 Å². The van der Waals surface area contributed by atoms with Gasteiger partial charge in [0, 0.05) is 27.2 Å². The van der Waals surface area contributed by atoms with Gasteiger partial charge in [0.2, 0.25) is 5.78 Å². The van der Waals surface area contributed by atoms with Crippen molar-refractivity contribution in [1.82, 2.24) is 0 Å². The van der Waals surface area contributed by atoms with Crippen molar-refractivity contribution in [2.45, 2.75) is 99.8 Å². The molecule has 0 heterocycles. The average Bonchev–Trinajstić information content (AvgIpc) is 0.736. The zero-order chi connectivity index (χ0) is 66.1. The van der Waals surface area contributed by atoms with Crippen LogP contribution in [0.15, 0.2) is 163 Å². The summed E-state index contributed by atoms with van der Waals surface area (Å²) in [6, 6.07) is 20.7. The topological polar surface area (TPSA) is 17.1 Å².